The van der Waals surface area contributed by atoms with Crippen molar-refractivity contribution in [3.63, 3.8) is 0 Å². The molecule has 0 aliphatic rings. The summed E-state index contributed by atoms with van der Waals surface area (Å²) in [5.74, 6) is 1.13. The Kier molecular flexibility index (Phi) is 7.21. The van der Waals surface area contributed by atoms with Crippen molar-refractivity contribution in [3.05, 3.63) is 76.6 Å². The van der Waals surface area contributed by atoms with Crippen LogP contribution in [0.15, 0.2) is 65.5 Å². The molecule has 0 aliphatic heterocycles. The van der Waals surface area contributed by atoms with Gasteiger partial charge in [0.15, 0.2) is 0 Å². The number of carbonyl (C=O) groups is 1. The van der Waals surface area contributed by atoms with Gasteiger partial charge in [-0.15, -0.1) is 0 Å². The van der Waals surface area contributed by atoms with E-state index in [1.165, 1.54) is 16.3 Å². The molecule has 7 nitrogen and oxygen atoms in total. The van der Waals surface area contributed by atoms with E-state index in [2.05, 4.69) is 17.3 Å². The van der Waals surface area contributed by atoms with Gasteiger partial charge in [-0.25, -0.2) is 4.68 Å². The quantitative estimate of drug-likeness (QED) is 0.552. The van der Waals surface area contributed by atoms with Crippen LogP contribution in [0.1, 0.15) is 12.5 Å². The van der Waals surface area contributed by atoms with Gasteiger partial charge in [-0.1, -0.05) is 31.2 Å². The molecule has 0 atom stereocenters. The maximum atomic E-state index is 12.2. The first kappa shape index (κ1) is 21.1. The minimum atomic E-state index is -0.325. The van der Waals surface area contributed by atoms with Crippen molar-refractivity contribution in [1.29, 1.82) is 0 Å². The molecular weight excluding hydrogens is 382 g/mol. The number of rotatable bonds is 9. The number of nitrogens with zero attached hydrogens (tertiary/aromatic N) is 2. The molecule has 0 unspecified atom stereocenters. The molecule has 0 fully saturated rings. The average molecular weight is 407 g/mol. The Morgan fingerprint density at radius 1 is 1.00 bits per heavy atom. The summed E-state index contributed by atoms with van der Waals surface area (Å²) in [6.07, 6.45) is 0.954. The number of hydrogen-bond donors (Lipinski definition) is 1. The lowest BCUT2D eigenvalue weighted by molar-refractivity contribution is -0.122. The number of aromatic nitrogens is 2. The van der Waals surface area contributed by atoms with Crippen molar-refractivity contribution in [1.82, 2.24) is 15.1 Å². The summed E-state index contributed by atoms with van der Waals surface area (Å²) < 4.78 is 11.8. The SMILES string of the molecule is CCc1ccc(-c2ccc(=O)n(CC(=O)NCCOc3ccc(OC)cc3)n2)cc1. The van der Waals surface area contributed by atoms with Crippen LogP contribution >= 0.6 is 0 Å². The highest BCUT2D eigenvalue weighted by Crippen LogP contribution is 2.17. The van der Waals surface area contributed by atoms with E-state index in [4.69, 9.17) is 9.47 Å². The Morgan fingerprint density at radius 2 is 1.70 bits per heavy atom. The van der Waals surface area contributed by atoms with E-state index in [0.29, 0.717) is 24.6 Å². The van der Waals surface area contributed by atoms with Crippen molar-refractivity contribution in [3.8, 4) is 22.8 Å². The molecule has 0 radical (unpaired) electrons. The second-order valence-electron chi connectivity index (χ2n) is 6.64. The van der Waals surface area contributed by atoms with Crippen LogP contribution in [0.3, 0.4) is 0 Å². The highest BCUT2D eigenvalue weighted by Gasteiger charge is 2.08. The monoisotopic (exact) mass is 407 g/mol. The normalized spacial score (nSPS) is 10.5. The topological polar surface area (TPSA) is 82.5 Å². The van der Waals surface area contributed by atoms with Crippen molar-refractivity contribution in [2.24, 2.45) is 0 Å². The molecule has 0 saturated carbocycles. The lowest BCUT2D eigenvalue weighted by atomic mass is 10.1. The summed E-state index contributed by atoms with van der Waals surface area (Å²) in [6, 6.07) is 18.3. The van der Waals surface area contributed by atoms with Gasteiger partial charge < -0.3 is 14.8 Å². The molecule has 30 heavy (non-hydrogen) atoms. The highest BCUT2D eigenvalue weighted by atomic mass is 16.5. The summed E-state index contributed by atoms with van der Waals surface area (Å²) in [4.78, 5) is 24.3. The van der Waals surface area contributed by atoms with Crippen LogP contribution < -0.4 is 20.3 Å². The Morgan fingerprint density at radius 3 is 2.37 bits per heavy atom. The second kappa shape index (κ2) is 10.2. The van der Waals surface area contributed by atoms with Gasteiger partial charge in [-0.05, 0) is 42.3 Å². The Hall–Kier alpha value is -3.61. The third-order valence-electron chi connectivity index (χ3n) is 4.57. The number of ether oxygens (including phenoxy) is 2. The Labute approximate surface area is 175 Å². The summed E-state index contributed by atoms with van der Waals surface area (Å²) in [6.45, 7) is 2.57. The molecule has 2 aromatic carbocycles. The molecule has 1 heterocycles. The van der Waals surface area contributed by atoms with E-state index in [1.54, 1.807) is 37.4 Å². The lowest BCUT2D eigenvalue weighted by Crippen LogP contribution is -2.35. The van der Waals surface area contributed by atoms with E-state index in [-0.39, 0.29) is 18.0 Å². The molecule has 0 spiro atoms. The highest BCUT2D eigenvalue weighted by molar-refractivity contribution is 5.75. The predicted molar refractivity (Wildman–Crippen MR) is 115 cm³/mol. The zero-order chi connectivity index (χ0) is 21.3. The Bertz CT molecular complexity index is 1030. The van der Waals surface area contributed by atoms with E-state index < -0.39 is 0 Å². The fourth-order valence-electron chi connectivity index (χ4n) is 2.85. The number of aryl methyl sites for hydroxylation is 1. The maximum Gasteiger partial charge on any atom is 0.267 e. The van der Waals surface area contributed by atoms with Crippen molar-refractivity contribution >= 4 is 5.91 Å². The first-order chi connectivity index (χ1) is 14.6. The van der Waals surface area contributed by atoms with Crippen LogP contribution in [0, 0.1) is 0 Å². The van der Waals surface area contributed by atoms with E-state index >= 15 is 0 Å². The zero-order valence-electron chi connectivity index (χ0n) is 17.1. The molecule has 156 valence electrons. The fraction of sp³-hybridized carbons (Fsp3) is 0.261. The van der Waals surface area contributed by atoms with Gasteiger partial charge in [0.25, 0.3) is 5.56 Å². The third-order valence-corrected chi connectivity index (χ3v) is 4.57. The smallest absolute Gasteiger partial charge is 0.267 e. The number of amides is 1. The summed E-state index contributed by atoms with van der Waals surface area (Å²) in [7, 11) is 1.60. The number of benzene rings is 2. The third kappa shape index (κ3) is 5.70. The van der Waals surface area contributed by atoms with E-state index in [9.17, 15) is 9.59 Å². The summed E-state index contributed by atoms with van der Waals surface area (Å²) >= 11 is 0. The summed E-state index contributed by atoms with van der Waals surface area (Å²) in [5, 5.41) is 7.07. The number of hydrogen-bond acceptors (Lipinski definition) is 5. The number of nitrogens with one attached hydrogen (secondary N) is 1. The maximum absolute atomic E-state index is 12.2. The van der Waals surface area contributed by atoms with Crippen LogP contribution in [0.4, 0.5) is 0 Å². The van der Waals surface area contributed by atoms with Crippen LogP contribution in [-0.2, 0) is 17.8 Å². The number of carbonyl (C=O) groups excluding carboxylic acids is 1. The van der Waals surface area contributed by atoms with E-state index in [0.717, 1.165) is 17.7 Å². The number of methoxy groups -OCH3 is 1. The van der Waals surface area contributed by atoms with Gasteiger partial charge in [-0.2, -0.15) is 5.10 Å². The average Bonchev–Trinajstić information content (AvgIpc) is 2.78. The van der Waals surface area contributed by atoms with Crippen LogP contribution in [0.2, 0.25) is 0 Å². The minimum Gasteiger partial charge on any atom is -0.497 e. The van der Waals surface area contributed by atoms with Gasteiger partial charge in [0.05, 0.1) is 19.3 Å². The molecule has 7 heteroatoms. The molecule has 1 aromatic heterocycles. The first-order valence-electron chi connectivity index (χ1n) is 9.80. The molecule has 3 aromatic rings. The van der Waals surface area contributed by atoms with Crippen LogP contribution in [0.25, 0.3) is 11.3 Å². The van der Waals surface area contributed by atoms with Gasteiger partial charge in [0, 0.05) is 11.6 Å². The molecular formula is C23H25N3O4. The van der Waals surface area contributed by atoms with Crippen molar-refractivity contribution in [2.75, 3.05) is 20.3 Å². The molecule has 0 aliphatic carbocycles. The first-order valence-corrected chi connectivity index (χ1v) is 9.80. The predicted octanol–water partition coefficient (Wildman–Crippen LogP) is 2.68. The standard InChI is InChI=1S/C23H25N3O4/c1-3-17-4-6-18(7-5-17)21-12-13-23(28)26(25-21)16-22(27)24-14-15-30-20-10-8-19(29-2)9-11-20/h4-13H,3,14-16H2,1-2H3,(H,24,27). The minimum absolute atomic E-state index is 0.151. The van der Waals surface area contributed by atoms with Gasteiger partial charge in [0.2, 0.25) is 5.91 Å². The van der Waals surface area contributed by atoms with Crippen molar-refractivity contribution in [2.45, 2.75) is 19.9 Å². The van der Waals surface area contributed by atoms with Gasteiger partial charge in [-0.3, -0.25) is 9.59 Å². The molecule has 0 saturated heterocycles. The van der Waals surface area contributed by atoms with Gasteiger partial charge in [0.1, 0.15) is 24.7 Å². The molecule has 3 rings (SSSR count). The molecule has 0 bridgehead atoms. The summed E-state index contributed by atoms with van der Waals surface area (Å²) in [5.41, 5.74) is 2.44. The molecule has 1 amide bonds. The van der Waals surface area contributed by atoms with Gasteiger partial charge >= 0.3 is 0 Å². The fourth-order valence-corrected chi connectivity index (χ4v) is 2.85. The van der Waals surface area contributed by atoms with Crippen LogP contribution in [-0.4, -0.2) is 35.9 Å². The van der Waals surface area contributed by atoms with Crippen LogP contribution in [0.5, 0.6) is 11.5 Å². The Balaban J connectivity index is 1.53. The zero-order valence-corrected chi connectivity index (χ0v) is 17.1. The lowest BCUT2D eigenvalue weighted by Gasteiger charge is -2.10. The van der Waals surface area contributed by atoms with E-state index in [1.807, 2.05) is 24.3 Å². The van der Waals surface area contributed by atoms with Crippen molar-refractivity contribution < 1.29 is 14.3 Å². The second-order valence-corrected chi connectivity index (χ2v) is 6.64. The largest absolute Gasteiger partial charge is 0.497 e. The molecule has 1 N–H and O–H groups in total.